The Balaban J connectivity index is 2.67. The summed E-state index contributed by atoms with van der Waals surface area (Å²) in [6.45, 7) is 2.16. The van der Waals surface area contributed by atoms with Gasteiger partial charge < -0.3 is 5.32 Å². The van der Waals surface area contributed by atoms with Gasteiger partial charge in [-0.25, -0.2) is 0 Å². The Bertz CT molecular complexity index is 365. The van der Waals surface area contributed by atoms with Gasteiger partial charge in [-0.3, -0.25) is 4.79 Å². The number of rotatable bonds is 7. The SMILES string of the molecule is CCCCC(Cc1cccc(NC)c1)C(=O)I. The monoisotopic (exact) mass is 345 g/mol. The topological polar surface area (TPSA) is 29.1 Å². The van der Waals surface area contributed by atoms with Crippen LogP contribution < -0.4 is 5.32 Å². The van der Waals surface area contributed by atoms with Gasteiger partial charge in [0.25, 0.3) is 0 Å². The van der Waals surface area contributed by atoms with E-state index in [4.69, 9.17) is 0 Å². The lowest BCUT2D eigenvalue weighted by molar-refractivity contribution is -0.112. The largest absolute Gasteiger partial charge is 0.388 e. The zero-order valence-corrected chi connectivity index (χ0v) is 12.7. The van der Waals surface area contributed by atoms with Crippen LogP contribution in [0.1, 0.15) is 31.7 Å². The van der Waals surface area contributed by atoms with Crippen LogP contribution in [-0.2, 0) is 11.2 Å². The van der Waals surface area contributed by atoms with Crippen molar-refractivity contribution in [2.45, 2.75) is 32.6 Å². The van der Waals surface area contributed by atoms with Gasteiger partial charge in [0.05, 0.1) is 0 Å². The molecule has 0 aliphatic heterocycles. The van der Waals surface area contributed by atoms with E-state index in [0.29, 0.717) is 0 Å². The number of halogens is 1. The molecule has 0 aliphatic rings. The Morgan fingerprint density at radius 2 is 2.24 bits per heavy atom. The smallest absolute Gasteiger partial charge is 0.195 e. The third kappa shape index (κ3) is 5.06. The van der Waals surface area contributed by atoms with Crippen LogP contribution in [0.25, 0.3) is 0 Å². The zero-order valence-electron chi connectivity index (χ0n) is 10.5. The average molecular weight is 345 g/mol. The van der Waals surface area contributed by atoms with Gasteiger partial charge in [0.15, 0.2) is 3.79 Å². The third-order valence-corrected chi connectivity index (χ3v) is 3.81. The van der Waals surface area contributed by atoms with Crippen LogP contribution in [0.5, 0.6) is 0 Å². The molecule has 1 atom stereocenters. The minimum absolute atomic E-state index is 0.169. The normalized spacial score (nSPS) is 12.2. The summed E-state index contributed by atoms with van der Waals surface area (Å²) in [5.41, 5.74) is 2.35. The van der Waals surface area contributed by atoms with E-state index in [0.717, 1.165) is 31.4 Å². The molecule has 0 saturated heterocycles. The van der Waals surface area contributed by atoms with Gasteiger partial charge in [-0.1, -0.05) is 31.9 Å². The van der Waals surface area contributed by atoms with Gasteiger partial charge in [-0.05, 0) is 53.1 Å². The van der Waals surface area contributed by atoms with Crippen molar-refractivity contribution >= 4 is 32.1 Å². The number of anilines is 1. The summed E-state index contributed by atoms with van der Waals surface area (Å²) in [7, 11) is 1.91. The maximum absolute atomic E-state index is 11.6. The van der Waals surface area contributed by atoms with Crippen LogP contribution in [0.3, 0.4) is 0 Å². The Hall–Kier alpha value is -0.580. The van der Waals surface area contributed by atoms with Gasteiger partial charge in [0.1, 0.15) is 0 Å². The zero-order chi connectivity index (χ0) is 12.7. The summed E-state index contributed by atoms with van der Waals surface area (Å²) in [4.78, 5) is 11.6. The molecule has 1 N–H and O–H groups in total. The van der Waals surface area contributed by atoms with Crippen LogP contribution in [0.15, 0.2) is 24.3 Å². The third-order valence-electron chi connectivity index (χ3n) is 2.92. The van der Waals surface area contributed by atoms with Crippen molar-refractivity contribution in [3.05, 3.63) is 29.8 Å². The lowest BCUT2D eigenvalue weighted by atomic mass is 9.95. The standard InChI is InChI=1S/C14H20INO/c1-3-4-7-12(14(15)17)9-11-6-5-8-13(10-11)16-2/h5-6,8,10,12,16H,3-4,7,9H2,1-2H3. The molecule has 0 aliphatic carbocycles. The van der Waals surface area contributed by atoms with E-state index in [1.54, 1.807) is 0 Å². The predicted molar refractivity (Wildman–Crippen MR) is 81.7 cm³/mol. The first-order valence-corrected chi connectivity index (χ1v) is 7.21. The second-order valence-electron chi connectivity index (χ2n) is 4.30. The molecule has 94 valence electrons. The highest BCUT2D eigenvalue weighted by Gasteiger charge is 2.15. The predicted octanol–water partition coefficient (Wildman–Crippen LogP) is 4.04. The molecule has 1 aromatic carbocycles. The number of nitrogens with one attached hydrogen (secondary N) is 1. The fourth-order valence-corrected chi connectivity index (χ4v) is 2.42. The lowest BCUT2D eigenvalue weighted by Gasteiger charge is -2.13. The van der Waals surface area contributed by atoms with Crippen LogP contribution in [-0.4, -0.2) is 10.8 Å². The van der Waals surface area contributed by atoms with Crippen LogP contribution in [0.2, 0.25) is 0 Å². The molecule has 1 aromatic rings. The number of hydrogen-bond donors (Lipinski definition) is 1. The summed E-state index contributed by atoms with van der Waals surface area (Å²) in [5.74, 6) is 0.169. The van der Waals surface area contributed by atoms with Gasteiger partial charge in [-0.2, -0.15) is 0 Å². The molecule has 0 radical (unpaired) electrons. The van der Waals surface area contributed by atoms with Crippen molar-refractivity contribution in [1.29, 1.82) is 0 Å². The Labute approximate surface area is 117 Å². The number of carbonyl (C=O) groups is 1. The first-order valence-electron chi connectivity index (χ1n) is 6.13. The van der Waals surface area contributed by atoms with E-state index in [1.807, 2.05) is 41.8 Å². The van der Waals surface area contributed by atoms with E-state index in [2.05, 4.69) is 24.4 Å². The highest BCUT2D eigenvalue weighted by Crippen LogP contribution is 2.20. The average Bonchev–Trinajstić information content (AvgIpc) is 2.34. The summed E-state index contributed by atoms with van der Waals surface area (Å²) in [6, 6.07) is 8.30. The van der Waals surface area contributed by atoms with Gasteiger partial charge >= 0.3 is 0 Å². The van der Waals surface area contributed by atoms with Crippen molar-refractivity contribution in [2.24, 2.45) is 5.92 Å². The summed E-state index contributed by atoms with van der Waals surface area (Å²) < 4.78 is 0.283. The fourth-order valence-electron chi connectivity index (χ4n) is 1.88. The van der Waals surface area contributed by atoms with E-state index in [-0.39, 0.29) is 9.71 Å². The second kappa shape index (κ2) is 7.69. The molecule has 1 unspecified atom stereocenters. The number of benzene rings is 1. The molecule has 0 spiro atoms. The minimum Gasteiger partial charge on any atom is -0.388 e. The van der Waals surface area contributed by atoms with E-state index in [9.17, 15) is 4.79 Å². The van der Waals surface area contributed by atoms with Crippen molar-refractivity contribution in [3.8, 4) is 0 Å². The van der Waals surface area contributed by atoms with Gasteiger partial charge in [0.2, 0.25) is 0 Å². The first-order chi connectivity index (χ1) is 8.17. The molecular formula is C14H20INO. The molecule has 0 amide bonds. The molecule has 17 heavy (non-hydrogen) atoms. The molecule has 0 heterocycles. The summed E-state index contributed by atoms with van der Waals surface area (Å²) >= 11 is 1.93. The molecule has 2 nitrogen and oxygen atoms in total. The van der Waals surface area contributed by atoms with Crippen LogP contribution in [0, 0.1) is 5.92 Å². The van der Waals surface area contributed by atoms with Crippen molar-refractivity contribution in [3.63, 3.8) is 0 Å². The Morgan fingerprint density at radius 1 is 1.47 bits per heavy atom. The highest BCUT2D eigenvalue weighted by atomic mass is 127. The molecule has 0 bridgehead atoms. The molecular weight excluding hydrogens is 325 g/mol. The Morgan fingerprint density at radius 3 is 2.82 bits per heavy atom. The number of carbonyl (C=O) groups excluding carboxylic acids is 1. The number of hydrogen-bond acceptors (Lipinski definition) is 2. The minimum atomic E-state index is 0.169. The lowest BCUT2D eigenvalue weighted by Crippen LogP contribution is -2.11. The van der Waals surface area contributed by atoms with Crippen molar-refractivity contribution in [2.75, 3.05) is 12.4 Å². The molecule has 1 rings (SSSR count). The molecule has 0 fully saturated rings. The van der Waals surface area contributed by atoms with Gasteiger partial charge in [-0.15, -0.1) is 0 Å². The summed E-state index contributed by atoms with van der Waals surface area (Å²) in [6.07, 6.45) is 4.14. The van der Waals surface area contributed by atoms with E-state index < -0.39 is 0 Å². The highest BCUT2D eigenvalue weighted by molar-refractivity contribution is 14.1. The van der Waals surface area contributed by atoms with E-state index >= 15 is 0 Å². The van der Waals surface area contributed by atoms with Crippen LogP contribution >= 0.6 is 22.6 Å². The number of unbranched alkanes of at least 4 members (excludes halogenated alkanes) is 1. The quantitative estimate of drug-likeness (QED) is 0.597. The van der Waals surface area contributed by atoms with E-state index in [1.165, 1.54) is 5.56 Å². The van der Waals surface area contributed by atoms with Crippen molar-refractivity contribution < 1.29 is 4.79 Å². The molecule has 0 saturated carbocycles. The fraction of sp³-hybridized carbons (Fsp3) is 0.500. The summed E-state index contributed by atoms with van der Waals surface area (Å²) in [5, 5.41) is 3.13. The Kier molecular flexibility index (Phi) is 6.55. The first kappa shape index (κ1) is 14.5. The maximum Gasteiger partial charge on any atom is 0.195 e. The maximum atomic E-state index is 11.6. The van der Waals surface area contributed by atoms with Gasteiger partial charge in [0, 0.05) is 18.7 Å². The van der Waals surface area contributed by atoms with Crippen LogP contribution in [0.4, 0.5) is 5.69 Å². The van der Waals surface area contributed by atoms with Crippen molar-refractivity contribution in [1.82, 2.24) is 0 Å². The second-order valence-corrected chi connectivity index (χ2v) is 5.36. The molecule has 3 heteroatoms. The molecule has 0 aromatic heterocycles.